The molecule has 0 N–H and O–H groups in total. The van der Waals surface area contributed by atoms with Crippen molar-refractivity contribution in [2.24, 2.45) is 0 Å². The zero-order valence-corrected chi connectivity index (χ0v) is 12.1. The van der Waals surface area contributed by atoms with Crippen molar-refractivity contribution in [1.82, 2.24) is 9.55 Å². The molecular weight excluding hydrogens is 260 g/mol. The van der Waals surface area contributed by atoms with Gasteiger partial charge in [-0.3, -0.25) is 0 Å². The molecular formula is C18H18N2O. The van der Waals surface area contributed by atoms with Gasteiger partial charge < -0.3 is 9.30 Å². The van der Waals surface area contributed by atoms with Crippen molar-refractivity contribution in [2.75, 3.05) is 0 Å². The average molecular weight is 278 g/mol. The van der Waals surface area contributed by atoms with Crippen LogP contribution in [0.25, 0.3) is 11.0 Å². The lowest BCUT2D eigenvalue weighted by Crippen LogP contribution is -2.06. The molecule has 3 aromatic rings. The topological polar surface area (TPSA) is 27.1 Å². The van der Waals surface area contributed by atoms with Gasteiger partial charge in [-0.15, -0.1) is 6.58 Å². The van der Waals surface area contributed by atoms with Gasteiger partial charge in [0.2, 0.25) is 0 Å². The first-order valence-corrected chi connectivity index (χ1v) is 7.03. The molecule has 0 saturated heterocycles. The zero-order valence-electron chi connectivity index (χ0n) is 12.1. The Bertz CT molecular complexity index is 774. The maximum Gasteiger partial charge on any atom is 0.148 e. The Balaban J connectivity index is 1.91. The Kier molecular flexibility index (Phi) is 3.73. The highest BCUT2D eigenvalue weighted by Gasteiger charge is 2.10. The van der Waals surface area contributed by atoms with Gasteiger partial charge in [0, 0.05) is 6.54 Å². The Morgan fingerprint density at radius 3 is 2.71 bits per heavy atom. The summed E-state index contributed by atoms with van der Waals surface area (Å²) < 4.78 is 8.06. The van der Waals surface area contributed by atoms with Crippen LogP contribution in [-0.2, 0) is 13.2 Å². The Morgan fingerprint density at radius 2 is 1.90 bits per heavy atom. The standard InChI is InChI=1S/C18H18N2O/c1-3-12-20-16-10-6-5-9-15(16)19-18(20)13-21-17-11-7-4-8-14(17)2/h3-11H,1,12-13H2,2H3. The third-order valence-electron chi connectivity index (χ3n) is 3.50. The summed E-state index contributed by atoms with van der Waals surface area (Å²) >= 11 is 0. The minimum absolute atomic E-state index is 0.452. The molecule has 0 amide bonds. The summed E-state index contributed by atoms with van der Waals surface area (Å²) in [5.74, 6) is 1.81. The number of imidazole rings is 1. The molecule has 106 valence electrons. The first kappa shape index (κ1) is 13.4. The third-order valence-corrected chi connectivity index (χ3v) is 3.50. The molecule has 3 nitrogen and oxygen atoms in total. The van der Waals surface area contributed by atoms with Crippen LogP contribution < -0.4 is 4.74 Å². The summed E-state index contributed by atoms with van der Waals surface area (Å²) in [5, 5.41) is 0. The highest BCUT2D eigenvalue weighted by atomic mass is 16.5. The predicted molar refractivity (Wildman–Crippen MR) is 85.4 cm³/mol. The molecule has 0 radical (unpaired) electrons. The lowest BCUT2D eigenvalue weighted by atomic mass is 10.2. The van der Waals surface area contributed by atoms with Crippen molar-refractivity contribution in [1.29, 1.82) is 0 Å². The van der Waals surface area contributed by atoms with E-state index in [9.17, 15) is 0 Å². The van der Waals surface area contributed by atoms with Crippen LogP contribution in [0.3, 0.4) is 0 Å². The number of aromatic nitrogens is 2. The van der Waals surface area contributed by atoms with Crippen LogP contribution in [0.1, 0.15) is 11.4 Å². The molecule has 0 aliphatic heterocycles. The van der Waals surface area contributed by atoms with Crippen molar-refractivity contribution in [3.05, 3.63) is 72.6 Å². The molecule has 21 heavy (non-hydrogen) atoms. The summed E-state index contributed by atoms with van der Waals surface area (Å²) in [6.07, 6.45) is 1.88. The molecule has 0 aliphatic rings. The number of benzene rings is 2. The van der Waals surface area contributed by atoms with Crippen LogP contribution in [-0.4, -0.2) is 9.55 Å². The van der Waals surface area contributed by atoms with Gasteiger partial charge in [0.05, 0.1) is 11.0 Å². The van der Waals surface area contributed by atoms with Crippen LogP contribution in [0.5, 0.6) is 5.75 Å². The molecule has 0 atom stereocenters. The van der Waals surface area contributed by atoms with Gasteiger partial charge in [-0.05, 0) is 30.7 Å². The van der Waals surface area contributed by atoms with E-state index in [0.717, 1.165) is 34.7 Å². The molecule has 3 rings (SSSR count). The van der Waals surface area contributed by atoms with Crippen LogP contribution in [0, 0.1) is 6.92 Å². The van der Waals surface area contributed by atoms with E-state index in [4.69, 9.17) is 4.74 Å². The Hall–Kier alpha value is -2.55. The highest BCUT2D eigenvalue weighted by Crippen LogP contribution is 2.20. The summed E-state index contributed by atoms with van der Waals surface area (Å²) in [6, 6.07) is 16.1. The molecule has 0 spiro atoms. The lowest BCUT2D eigenvalue weighted by molar-refractivity contribution is 0.289. The van der Waals surface area contributed by atoms with E-state index in [-0.39, 0.29) is 0 Å². The molecule has 1 heterocycles. The second-order valence-corrected chi connectivity index (χ2v) is 4.97. The predicted octanol–water partition coefficient (Wildman–Crippen LogP) is 4.11. The summed E-state index contributed by atoms with van der Waals surface area (Å²) in [6.45, 7) is 7.05. The molecule has 0 unspecified atom stereocenters. The van der Waals surface area contributed by atoms with Gasteiger partial charge in [0.25, 0.3) is 0 Å². The fourth-order valence-corrected chi connectivity index (χ4v) is 2.43. The van der Waals surface area contributed by atoms with Crippen LogP contribution in [0.15, 0.2) is 61.2 Å². The van der Waals surface area contributed by atoms with Gasteiger partial charge in [-0.25, -0.2) is 4.98 Å². The SMILES string of the molecule is C=CCn1c(COc2ccccc2C)nc2ccccc21. The minimum atomic E-state index is 0.452. The monoisotopic (exact) mass is 278 g/mol. The quantitative estimate of drug-likeness (QED) is 0.657. The summed E-state index contributed by atoms with van der Waals surface area (Å²) in [4.78, 5) is 4.67. The van der Waals surface area contributed by atoms with E-state index >= 15 is 0 Å². The van der Waals surface area contributed by atoms with E-state index in [2.05, 4.69) is 22.2 Å². The second-order valence-electron chi connectivity index (χ2n) is 4.97. The van der Waals surface area contributed by atoms with Gasteiger partial charge >= 0.3 is 0 Å². The van der Waals surface area contributed by atoms with Gasteiger partial charge in [-0.1, -0.05) is 36.4 Å². The van der Waals surface area contributed by atoms with Gasteiger partial charge in [-0.2, -0.15) is 0 Å². The first-order valence-electron chi connectivity index (χ1n) is 7.03. The molecule has 0 bridgehead atoms. The summed E-state index contributed by atoms with van der Waals surface area (Å²) in [5.41, 5.74) is 3.23. The van der Waals surface area contributed by atoms with Gasteiger partial charge in [0.1, 0.15) is 18.2 Å². The number of allylic oxidation sites excluding steroid dienone is 1. The lowest BCUT2D eigenvalue weighted by Gasteiger charge is -2.10. The fourth-order valence-electron chi connectivity index (χ4n) is 2.43. The Labute approximate surface area is 124 Å². The van der Waals surface area contributed by atoms with Crippen molar-refractivity contribution < 1.29 is 4.74 Å². The Morgan fingerprint density at radius 1 is 1.14 bits per heavy atom. The third kappa shape index (κ3) is 2.68. The van der Waals surface area contributed by atoms with Gasteiger partial charge in [0.15, 0.2) is 0 Å². The van der Waals surface area contributed by atoms with Crippen LogP contribution in [0.2, 0.25) is 0 Å². The number of aryl methyl sites for hydroxylation is 1. The molecule has 1 aromatic heterocycles. The maximum atomic E-state index is 5.92. The molecule has 2 aromatic carbocycles. The van der Waals surface area contributed by atoms with E-state index in [1.54, 1.807) is 0 Å². The number of hydrogen-bond acceptors (Lipinski definition) is 2. The smallest absolute Gasteiger partial charge is 0.148 e. The normalized spacial score (nSPS) is 10.7. The van der Waals surface area contributed by atoms with Crippen LogP contribution in [0.4, 0.5) is 0 Å². The number of rotatable bonds is 5. The van der Waals surface area contributed by atoms with Crippen molar-refractivity contribution in [2.45, 2.75) is 20.1 Å². The zero-order chi connectivity index (χ0) is 14.7. The van der Waals surface area contributed by atoms with E-state index in [1.165, 1.54) is 0 Å². The molecule has 0 saturated carbocycles. The maximum absolute atomic E-state index is 5.92. The second kappa shape index (κ2) is 5.83. The van der Waals surface area contributed by atoms with E-state index < -0.39 is 0 Å². The largest absolute Gasteiger partial charge is 0.485 e. The fraction of sp³-hybridized carbons (Fsp3) is 0.167. The number of fused-ring (bicyclic) bond motifs is 1. The average Bonchev–Trinajstić information content (AvgIpc) is 2.85. The highest BCUT2D eigenvalue weighted by molar-refractivity contribution is 5.75. The molecule has 0 aliphatic carbocycles. The van der Waals surface area contributed by atoms with Crippen LogP contribution >= 0.6 is 0 Å². The van der Waals surface area contributed by atoms with E-state index in [0.29, 0.717) is 6.61 Å². The van der Waals surface area contributed by atoms with Crippen molar-refractivity contribution in [3.8, 4) is 5.75 Å². The van der Waals surface area contributed by atoms with Crippen molar-refractivity contribution >= 4 is 11.0 Å². The molecule has 3 heteroatoms. The minimum Gasteiger partial charge on any atom is -0.485 e. The van der Waals surface area contributed by atoms with Crippen molar-refractivity contribution in [3.63, 3.8) is 0 Å². The first-order chi connectivity index (χ1) is 10.3. The number of para-hydroxylation sites is 3. The number of nitrogens with zero attached hydrogens (tertiary/aromatic N) is 2. The van der Waals surface area contributed by atoms with E-state index in [1.807, 2.05) is 55.5 Å². The number of hydrogen-bond donors (Lipinski definition) is 0. The molecule has 0 fully saturated rings. The number of ether oxygens (including phenoxy) is 1. The summed E-state index contributed by atoms with van der Waals surface area (Å²) in [7, 11) is 0.